The van der Waals surface area contributed by atoms with Gasteiger partial charge >= 0.3 is 0 Å². The molecule has 2 aromatic carbocycles. The molecule has 1 amide bonds. The molecule has 0 aliphatic heterocycles. The second kappa shape index (κ2) is 10.5. The van der Waals surface area contributed by atoms with Crippen molar-refractivity contribution >= 4 is 11.7 Å². The molecular weight excluding hydrogens is 368 g/mol. The van der Waals surface area contributed by atoms with Crippen molar-refractivity contribution < 1.29 is 19.8 Å². The summed E-state index contributed by atoms with van der Waals surface area (Å²) >= 11 is 0. The van der Waals surface area contributed by atoms with E-state index in [1.54, 1.807) is 24.3 Å². The third kappa shape index (κ3) is 6.54. The molecule has 0 saturated heterocycles. The lowest BCUT2D eigenvalue weighted by atomic mass is 10.1. The maximum atomic E-state index is 12.3. The number of nitrogens with one attached hydrogen (secondary N) is 1. The molecule has 0 radical (unpaired) electrons. The third-order valence-electron chi connectivity index (χ3n) is 4.26. The summed E-state index contributed by atoms with van der Waals surface area (Å²) in [7, 11) is 4.01. The zero-order chi connectivity index (χ0) is 21.4. The topological polar surface area (TPSA) is 89.9 Å². The van der Waals surface area contributed by atoms with E-state index in [2.05, 4.69) is 22.1 Å². The Kier molecular flexibility index (Phi) is 8.10. The van der Waals surface area contributed by atoms with Crippen molar-refractivity contribution in [2.24, 2.45) is 0 Å². The molecule has 0 bridgehead atoms. The van der Waals surface area contributed by atoms with E-state index in [9.17, 15) is 14.7 Å². The van der Waals surface area contributed by atoms with Crippen LogP contribution < -0.4 is 5.32 Å². The van der Waals surface area contributed by atoms with Gasteiger partial charge in [0, 0.05) is 23.2 Å². The van der Waals surface area contributed by atoms with Crippen LogP contribution in [-0.4, -0.2) is 59.7 Å². The maximum absolute atomic E-state index is 12.3. The SMILES string of the molecule is C[C@@H](O)[C@H](NC(=O)c1ccc(C#Cc2ccccc2CN(C)C)cc1)C(=O)CO. The number of hydrogen-bond acceptors (Lipinski definition) is 5. The van der Waals surface area contributed by atoms with Gasteiger partial charge in [0.15, 0.2) is 5.78 Å². The van der Waals surface area contributed by atoms with E-state index < -0.39 is 30.4 Å². The molecule has 2 rings (SSSR count). The fourth-order valence-corrected chi connectivity index (χ4v) is 2.76. The van der Waals surface area contributed by atoms with Gasteiger partial charge in [-0.05, 0) is 56.9 Å². The predicted molar refractivity (Wildman–Crippen MR) is 111 cm³/mol. The smallest absolute Gasteiger partial charge is 0.251 e. The molecule has 0 aliphatic carbocycles. The van der Waals surface area contributed by atoms with E-state index in [1.807, 2.05) is 38.4 Å². The maximum Gasteiger partial charge on any atom is 0.251 e. The van der Waals surface area contributed by atoms with Crippen molar-refractivity contribution in [1.29, 1.82) is 0 Å². The van der Waals surface area contributed by atoms with Crippen molar-refractivity contribution in [3.8, 4) is 11.8 Å². The Bertz CT molecular complexity index is 908. The lowest BCUT2D eigenvalue weighted by Crippen LogP contribution is -2.48. The lowest BCUT2D eigenvalue weighted by molar-refractivity contribution is -0.125. The summed E-state index contributed by atoms with van der Waals surface area (Å²) in [6.45, 7) is 1.42. The van der Waals surface area contributed by atoms with Crippen LogP contribution in [0.1, 0.15) is 34.0 Å². The molecule has 0 fully saturated rings. The van der Waals surface area contributed by atoms with Crippen LogP contribution in [0, 0.1) is 11.8 Å². The minimum absolute atomic E-state index is 0.333. The van der Waals surface area contributed by atoms with E-state index in [0.717, 1.165) is 23.2 Å². The van der Waals surface area contributed by atoms with Gasteiger partial charge in [-0.3, -0.25) is 9.59 Å². The quantitative estimate of drug-likeness (QED) is 0.614. The van der Waals surface area contributed by atoms with Crippen molar-refractivity contribution in [1.82, 2.24) is 10.2 Å². The Labute approximate surface area is 171 Å². The van der Waals surface area contributed by atoms with E-state index in [1.165, 1.54) is 6.92 Å². The molecule has 6 nitrogen and oxygen atoms in total. The molecular formula is C23H26N2O4. The summed E-state index contributed by atoms with van der Waals surface area (Å²) in [5, 5.41) is 21.1. The van der Waals surface area contributed by atoms with E-state index >= 15 is 0 Å². The number of carbonyl (C=O) groups is 2. The molecule has 29 heavy (non-hydrogen) atoms. The monoisotopic (exact) mass is 394 g/mol. The Morgan fingerprint density at radius 2 is 1.72 bits per heavy atom. The summed E-state index contributed by atoms with van der Waals surface area (Å²) in [6.07, 6.45) is -1.11. The average molecular weight is 394 g/mol. The van der Waals surface area contributed by atoms with Gasteiger partial charge in [0.25, 0.3) is 5.91 Å². The number of rotatable bonds is 7. The van der Waals surface area contributed by atoms with Gasteiger partial charge in [-0.25, -0.2) is 0 Å². The molecule has 2 atom stereocenters. The fraction of sp³-hybridized carbons (Fsp3) is 0.304. The number of benzene rings is 2. The second-order valence-corrected chi connectivity index (χ2v) is 7.04. The van der Waals surface area contributed by atoms with Crippen molar-refractivity contribution in [2.75, 3.05) is 20.7 Å². The molecule has 152 valence electrons. The number of nitrogens with zero attached hydrogens (tertiary/aromatic N) is 1. The number of hydrogen-bond donors (Lipinski definition) is 3. The Balaban J connectivity index is 2.13. The normalized spacial score (nSPS) is 12.6. The number of amides is 1. The largest absolute Gasteiger partial charge is 0.391 e. The minimum atomic E-state index is -1.15. The highest BCUT2D eigenvalue weighted by Crippen LogP contribution is 2.10. The number of aliphatic hydroxyl groups excluding tert-OH is 2. The van der Waals surface area contributed by atoms with Crippen LogP contribution in [0.3, 0.4) is 0 Å². The number of carbonyl (C=O) groups excluding carboxylic acids is 2. The van der Waals surface area contributed by atoms with Crippen molar-refractivity contribution in [2.45, 2.75) is 25.6 Å². The summed E-state index contributed by atoms with van der Waals surface area (Å²) in [6, 6.07) is 13.5. The third-order valence-corrected chi connectivity index (χ3v) is 4.26. The first-order chi connectivity index (χ1) is 13.8. The molecule has 0 heterocycles. The van der Waals surface area contributed by atoms with Crippen molar-refractivity contribution in [3.05, 3.63) is 70.8 Å². The van der Waals surface area contributed by atoms with Crippen LogP contribution in [0.25, 0.3) is 0 Å². The zero-order valence-corrected chi connectivity index (χ0v) is 16.8. The number of Topliss-reactive ketones (excluding diaryl/α,β-unsaturated/α-hetero) is 1. The first-order valence-corrected chi connectivity index (χ1v) is 9.29. The summed E-state index contributed by atoms with van der Waals surface area (Å²) in [5.41, 5.74) is 3.17. The van der Waals surface area contributed by atoms with Crippen LogP contribution in [0.2, 0.25) is 0 Å². The van der Waals surface area contributed by atoms with Crippen LogP contribution in [0.4, 0.5) is 0 Å². The molecule has 0 spiro atoms. The van der Waals surface area contributed by atoms with Crippen LogP contribution in [0.5, 0.6) is 0 Å². The summed E-state index contributed by atoms with van der Waals surface area (Å²) in [4.78, 5) is 26.0. The molecule has 3 N–H and O–H groups in total. The first-order valence-electron chi connectivity index (χ1n) is 9.29. The van der Waals surface area contributed by atoms with Gasteiger partial charge in [0.2, 0.25) is 0 Å². The molecule has 0 aliphatic rings. The zero-order valence-electron chi connectivity index (χ0n) is 16.8. The van der Waals surface area contributed by atoms with Gasteiger partial charge < -0.3 is 20.4 Å². The van der Waals surface area contributed by atoms with Crippen molar-refractivity contribution in [3.63, 3.8) is 0 Å². The van der Waals surface area contributed by atoms with E-state index in [0.29, 0.717) is 5.56 Å². The fourth-order valence-electron chi connectivity index (χ4n) is 2.76. The molecule has 6 heteroatoms. The Hall–Kier alpha value is -2.98. The van der Waals surface area contributed by atoms with Crippen LogP contribution in [0.15, 0.2) is 48.5 Å². The van der Waals surface area contributed by atoms with E-state index in [-0.39, 0.29) is 0 Å². The highest BCUT2D eigenvalue weighted by Gasteiger charge is 2.25. The van der Waals surface area contributed by atoms with Gasteiger partial charge in [0.05, 0.1) is 6.10 Å². The first kappa shape index (κ1) is 22.3. The van der Waals surface area contributed by atoms with Crippen LogP contribution in [-0.2, 0) is 11.3 Å². The number of ketones is 1. The highest BCUT2D eigenvalue weighted by molar-refractivity contribution is 5.98. The minimum Gasteiger partial charge on any atom is -0.391 e. The highest BCUT2D eigenvalue weighted by atomic mass is 16.3. The molecule has 2 aromatic rings. The van der Waals surface area contributed by atoms with Crippen LogP contribution >= 0.6 is 0 Å². The standard InChI is InChI=1S/C23H26N2O4/c1-16(27)22(21(28)15-26)24-23(29)19-12-9-17(10-13-19)8-11-18-6-4-5-7-20(18)14-25(2)3/h4-7,9-10,12-13,16,22,26-27H,14-15H2,1-3H3,(H,24,29)/t16-,22+/m1/s1. The molecule has 0 saturated carbocycles. The lowest BCUT2D eigenvalue weighted by Gasteiger charge is -2.19. The summed E-state index contributed by atoms with van der Waals surface area (Å²) < 4.78 is 0. The molecule has 0 unspecified atom stereocenters. The average Bonchev–Trinajstić information content (AvgIpc) is 2.70. The Morgan fingerprint density at radius 3 is 2.31 bits per heavy atom. The number of aliphatic hydroxyl groups is 2. The summed E-state index contributed by atoms with van der Waals surface area (Å²) in [5.74, 6) is 5.12. The second-order valence-electron chi connectivity index (χ2n) is 7.04. The molecule has 0 aromatic heterocycles. The van der Waals surface area contributed by atoms with Gasteiger partial charge in [-0.1, -0.05) is 30.0 Å². The van der Waals surface area contributed by atoms with Gasteiger partial charge in [-0.15, -0.1) is 0 Å². The Morgan fingerprint density at radius 1 is 1.07 bits per heavy atom. The van der Waals surface area contributed by atoms with Gasteiger partial charge in [0.1, 0.15) is 12.6 Å². The van der Waals surface area contributed by atoms with E-state index in [4.69, 9.17) is 5.11 Å². The predicted octanol–water partition coefficient (Wildman–Crippen LogP) is 1.19. The van der Waals surface area contributed by atoms with Gasteiger partial charge in [-0.2, -0.15) is 0 Å².